The number of morpholine rings is 1. The van der Waals surface area contributed by atoms with E-state index in [1.807, 2.05) is 0 Å². The molecule has 1 aromatic carbocycles. The third-order valence-corrected chi connectivity index (χ3v) is 5.51. The van der Waals surface area contributed by atoms with E-state index in [1.165, 1.54) is 6.07 Å². The minimum atomic E-state index is -3.52. The molecule has 1 heterocycles. The minimum absolute atomic E-state index is 0.202. The van der Waals surface area contributed by atoms with Crippen LogP contribution in [-0.2, 0) is 14.8 Å². The minimum Gasteiger partial charge on any atom is -0.399 e. The van der Waals surface area contributed by atoms with Crippen molar-refractivity contribution in [1.82, 2.24) is 9.62 Å². The fraction of sp³-hybridized carbons (Fsp3) is 0.500. The van der Waals surface area contributed by atoms with Crippen LogP contribution in [-0.4, -0.2) is 52.7 Å². The lowest BCUT2D eigenvalue weighted by atomic mass is 10.3. The highest BCUT2D eigenvalue weighted by Gasteiger charge is 2.18. The first-order valence-corrected chi connectivity index (χ1v) is 8.61. The molecular formula is C12H18BrN3O3S. The SMILES string of the molecule is Nc1ccc(S(=O)(=O)NCCN2CCOCC2)c(Br)c1. The summed E-state index contributed by atoms with van der Waals surface area (Å²) in [6.07, 6.45) is 0. The molecule has 1 saturated heterocycles. The molecule has 0 atom stereocenters. The molecule has 3 N–H and O–H groups in total. The molecule has 20 heavy (non-hydrogen) atoms. The molecular weight excluding hydrogens is 346 g/mol. The van der Waals surface area contributed by atoms with Crippen molar-refractivity contribution in [1.29, 1.82) is 0 Å². The van der Waals surface area contributed by atoms with Gasteiger partial charge in [0.2, 0.25) is 10.0 Å². The maximum Gasteiger partial charge on any atom is 0.241 e. The maximum atomic E-state index is 12.2. The largest absolute Gasteiger partial charge is 0.399 e. The molecule has 0 saturated carbocycles. The lowest BCUT2D eigenvalue weighted by Gasteiger charge is -2.26. The van der Waals surface area contributed by atoms with Gasteiger partial charge >= 0.3 is 0 Å². The van der Waals surface area contributed by atoms with Crippen LogP contribution in [0, 0.1) is 0 Å². The zero-order valence-corrected chi connectivity index (χ0v) is 13.4. The molecule has 0 bridgehead atoms. The zero-order valence-electron chi connectivity index (χ0n) is 11.0. The van der Waals surface area contributed by atoms with E-state index in [-0.39, 0.29) is 4.90 Å². The van der Waals surface area contributed by atoms with Crippen LogP contribution in [0.2, 0.25) is 0 Å². The van der Waals surface area contributed by atoms with Crippen molar-refractivity contribution in [3.63, 3.8) is 0 Å². The maximum absolute atomic E-state index is 12.2. The predicted octanol–water partition coefficient (Wildman–Crippen LogP) is 0.642. The van der Waals surface area contributed by atoms with Gasteiger partial charge in [0, 0.05) is 36.3 Å². The van der Waals surface area contributed by atoms with E-state index in [0.29, 0.717) is 36.5 Å². The van der Waals surface area contributed by atoms with Crippen molar-refractivity contribution < 1.29 is 13.2 Å². The second-order valence-corrected chi connectivity index (χ2v) is 7.13. The monoisotopic (exact) mass is 363 g/mol. The van der Waals surface area contributed by atoms with Crippen molar-refractivity contribution in [2.24, 2.45) is 0 Å². The number of hydrogen-bond donors (Lipinski definition) is 2. The van der Waals surface area contributed by atoms with Gasteiger partial charge in [-0.2, -0.15) is 0 Å². The zero-order chi connectivity index (χ0) is 14.6. The van der Waals surface area contributed by atoms with Gasteiger partial charge in [-0.1, -0.05) is 0 Å². The lowest BCUT2D eigenvalue weighted by Crippen LogP contribution is -2.41. The summed E-state index contributed by atoms with van der Waals surface area (Å²) in [5, 5.41) is 0. The van der Waals surface area contributed by atoms with Crippen molar-refractivity contribution in [2.45, 2.75) is 4.90 Å². The lowest BCUT2D eigenvalue weighted by molar-refractivity contribution is 0.0390. The average Bonchev–Trinajstić information content (AvgIpc) is 2.39. The molecule has 2 rings (SSSR count). The first-order valence-electron chi connectivity index (χ1n) is 6.34. The van der Waals surface area contributed by atoms with Gasteiger partial charge in [-0.15, -0.1) is 0 Å². The van der Waals surface area contributed by atoms with Crippen LogP contribution in [0.25, 0.3) is 0 Å². The van der Waals surface area contributed by atoms with Gasteiger partial charge < -0.3 is 10.5 Å². The van der Waals surface area contributed by atoms with Gasteiger partial charge in [0.1, 0.15) is 0 Å². The third kappa shape index (κ3) is 4.16. The summed E-state index contributed by atoms with van der Waals surface area (Å²) in [7, 11) is -3.52. The molecule has 0 aliphatic carbocycles. The number of anilines is 1. The molecule has 0 unspecified atom stereocenters. The Morgan fingerprint density at radius 1 is 1.35 bits per heavy atom. The summed E-state index contributed by atoms with van der Waals surface area (Å²) in [6, 6.07) is 4.65. The highest BCUT2D eigenvalue weighted by atomic mass is 79.9. The Labute approximate surface area is 127 Å². The number of nitrogens with one attached hydrogen (secondary N) is 1. The first-order chi connectivity index (χ1) is 9.49. The molecule has 0 aromatic heterocycles. The fourth-order valence-electron chi connectivity index (χ4n) is 1.98. The molecule has 8 heteroatoms. The topological polar surface area (TPSA) is 84.7 Å². The van der Waals surface area contributed by atoms with Crippen LogP contribution < -0.4 is 10.5 Å². The molecule has 0 radical (unpaired) electrons. The highest BCUT2D eigenvalue weighted by molar-refractivity contribution is 9.10. The standard InChI is InChI=1S/C12H18BrN3O3S/c13-11-9-10(14)1-2-12(11)20(17,18)15-3-4-16-5-7-19-8-6-16/h1-2,9,15H,3-8,14H2. The molecule has 1 aliphatic rings. The molecule has 1 aliphatic heterocycles. The van der Waals surface area contributed by atoms with Crippen LogP contribution in [0.3, 0.4) is 0 Å². The van der Waals surface area contributed by atoms with Crippen LogP contribution in [0.4, 0.5) is 5.69 Å². The quantitative estimate of drug-likeness (QED) is 0.750. The molecule has 0 spiro atoms. The summed E-state index contributed by atoms with van der Waals surface area (Å²) >= 11 is 3.23. The van der Waals surface area contributed by atoms with E-state index < -0.39 is 10.0 Å². The predicted molar refractivity (Wildman–Crippen MR) is 81.0 cm³/mol. The molecule has 0 amide bonds. The number of ether oxygens (including phenoxy) is 1. The van der Waals surface area contributed by atoms with Gasteiger partial charge in [0.15, 0.2) is 0 Å². The molecule has 1 aromatic rings. The molecule has 112 valence electrons. The van der Waals surface area contributed by atoms with Gasteiger partial charge in [0.05, 0.1) is 18.1 Å². The fourth-order valence-corrected chi connectivity index (χ4v) is 4.09. The summed E-state index contributed by atoms with van der Waals surface area (Å²) in [5.41, 5.74) is 6.12. The van der Waals surface area contributed by atoms with Crippen molar-refractivity contribution in [2.75, 3.05) is 45.1 Å². The van der Waals surface area contributed by atoms with Crippen LogP contribution >= 0.6 is 15.9 Å². The van der Waals surface area contributed by atoms with Gasteiger partial charge in [-0.05, 0) is 34.1 Å². The van der Waals surface area contributed by atoms with Crippen molar-refractivity contribution in [3.05, 3.63) is 22.7 Å². The van der Waals surface area contributed by atoms with Crippen molar-refractivity contribution in [3.8, 4) is 0 Å². The number of rotatable bonds is 5. The Balaban J connectivity index is 1.93. The second-order valence-electron chi connectivity index (χ2n) is 4.54. The number of nitrogens with two attached hydrogens (primary N) is 1. The average molecular weight is 364 g/mol. The molecule has 1 fully saturated rings. The smallest absolute Gasteiger partial charge is 0.241 e. The van der Waals surface area contributed by atoms with Gasteiger partial charge in [-0.3, -0.25) is 4.90 Å². The Morgan fingerprint density at radius 2 is 2.05 bits per heavy atom. The Hall–Kier alpha value is -0.670. The third-order valence-electron chi connectivity index (χ3n) is 3.07. The number of halogens is 1. The highest BCUT2D eigenvalue weighted by Crippen LogP contribution is 2.23. The number of sulfonamides is 1. The van der Waals surface area contributed by atoms with Crippen LogP contribution in [0.5, 0.6) is 0 Å². The summed E-state index contributed by atoms with van der Waals surface area (Å²) < 4.78 is 32.7. The Bertz CT molecular complexity index is 559. The van der Waals surface area contributed by atoms with E-state index in [0.717, 1.165) is 13.1 Å². The van der Waals surface area contributed by atoms with Crippen LogP contribution in [0.15, 0.2) is 27.6 Å². The van der Waals surface area contributed by atoms with E-state index in [2.05, 4.69) is 25.6 Å². The van der Waals surface area contributed by atoms with E-state index in [1.54, 1.807) is 12.1 Å². The Kier molecular flexibility index (Phi) is 5.39. The van der Waals surface area contributed by atoms with Crippen LogP contribution in [0.1, 0.15) is 0 Å². The summed E-state index contributed by atoms with van der Waals surface area (Å²) in [5.74, 6) is 0. The van der Waals surface area contributed by atoms with Gasteiger partial charge in [0.25, 0.3) is 0 Å². The number of nitrogens with zero attached hydrogens (tertiary/aromatic N) is 1. The normalized spacial score (nSPS) is 17.2. The first kappa shape index (κ1) is 15.7. The summed E-state index contributed by atoms with van der Waals surface area (Å²) in [4.78, 5) is 2.37. The number of hydrogen-bond acceptors (Lipinski definition) is 5. The Morgan fingerprint density at radius 3 is 2.70 bits per heavy atom. The summed E-state index contributed by atoms with van der Waals surface area (Å²) in [6.45, 7) is 4.14. The van der Waals surface area contributed by atoms with Crippen molar-refractivity contribution >= 4 is 31.6 Å². The molecule has 6 nitrogen and oxygen atoms in total. The van der Waals surface area contributed by atoms with Gasteiger partial charge in [-0.25, -0.2) is 13.1 Å². The van der Waals surface area contributed by atoms with E-state index >= 15 is 0 Å². The van der Waals surface area contributed by atoms with E-state index in [4.69, 9.17) is 10.5 Å². The number of benzene rings is 1. The van der Waals surface area contributed by atoms with E-state index in [9.17, 15) is 8.42 Å². The number of nitrogen functional groups attached to an aromatic ring is 1. The second kappa shape index (κ2) is 6.86.